The SMILES string of the molecule is COc1ccc(C(=O)N2CCCC2)cc1Br. The van der Waals surface area contributed by atoms with E-state index in [1.807, 2.05) is 23.1 Å². The van der Waals surface area contributed by atoms with E-state index >= 15 is 0 Å². The second-order valence-electron chi connectivity index (χ2n) is 3.85. The van der Waals surface area contributed by atoms with Gasteiger partial charge in [-0.25, -0.2) is 0 Å². The van der Waals surface area contributed by atoms with Crippen molar-refractivity contribution >= 4 is 21.8 Å². The summed E-state index contributed by atoms with van der Waals surface area (Å²) in [7, 11) is 1.61. The minimum absolute atomic E-state index is 0.112. The minimum Gasteiger partial charge on any atom is -0.496 e. The number of ether oxygens (including phenoxy) is 1. The van der Waals surface area contributed by atoms with Gasteiger partial charge >= 0.3 is 0 Å². The average Bonchev–Trinajstić information content (AvgIpc) is 2.81. The Kier molecular flexibility index (Phi) is 3.49. The van der Waals surface area contributed by atoms with Crippen molar-refractivity contribution in [2.45, 2.75) is 12.8 Å². The molecule has 86 valence electrons. The van der Waals surface area contributed by atoms with Gasteiger partial charge < -0.3 is 9.64 Å². The molecule has 0 N–H and O–H groups in total. The van der Waals surface area contributed by atoms with E-state index in [2.05, 4.69) is 15.9 Å². The molecule has 0 radical (unpaired) electrons. The van der Waals surface area contributed by atoms with Gasteiger partial charge in [0.15, 0.2) is 0 Å². The molecule has 1 aromatic rings. The van der Waals surface area contributed by atoms with Gasteiger partial charge in [-0.3, -0.25) is 4.79 Å². The van der Waals surface area contributed by atoms with Crippen molar-refractivity contribution in [3.63, 3.8) is 0 Å². The summed E-state index contributed by atoms with van der Waals surface area (Å²) in [6.45, 7) is 1.75. The maximum atomic E-state index is 12.1. The Morgan fingerprint density at radius 3 is 2.62 bits per heavy atom. The third-order valence-electron chi connectivity index (χ3n) is 2.79. The maximum absolute atomic E-state index is 12.1. The van der Waals surface area contributed by atoms with Crippen LogP contribution < -0.4 is 4.74 Å². The Balaban J connectivity index is 2.20. The lowest BCUT2D eigenvalue weighted by atomic mass is 10.2. The molecule has 0 atom stereocenters. The lowest BCUT2D eigenvalue weighted by molar-refractivity contribution is 0.0792. The fourth-order valence-corrected chi connectivity index (χ4v) is 2.44. The van der Waals surface area contributed by atoms with Crippen LogP contribution in [0, 0.1) is 0 Å². The fourth-order valence-electron chi connectivity index (χ4n) is 1.90. The van der Waals surface area contributed by atoms with Crippen LogP contribution in [-0.4, -0.2) is 31.0 Å². The molecule has 0 unspecified atom stereocenters. The highest BCUT2D eigenvalue weighted by Crippen LogP contribution is 2.26. The first-order valence-electron chi connectivity index (χ1n) is 5.35. The van der Waals surface area contributed by atoms with Crippen LogP contribution in [0.4, 0.5) is 0 Å². The monoisotopic (exact) mass is 283 g/mol. The first kappa shape index (κ1) is 11.5. The van der Waals surface area contributed by atoms with Gasteiger partial charge in [-0.05, 0) is 47.0 Å². The molecule has 1 aliphatic heterocycles. The molecule has 4 heteroatoms. The van der Waals surface area contributed by atoms with Crippen molar-refractivity contribution in [1.82, 2.24) is 4.90 Å². The number of carbonyl (C=O) groups is 1. The second-order valence-corrected chi connectivity index (χ2v) is 4.70. The van der Waals surface area contributed by atoms with Gasteiger partial charge in [-0.1, -0.05) is 0 Å². The molecular formula is C12H14BrNO2. The first-order valence-corrected chi connectivity index (χ1v) is 6.14. The predicted octanol–water partition coefficient (Wildman–Crippen LogP) is 2.69. The van der Waals surface area contributed by atoms with Crippen LogP contribution in [0.3, 0.4) is 0 Å². The third-order valence-corrected chi connectivity index (χ3v) is 3.41. The van der Waals surface area contributed by atoms with Gasteiger partial charge in [0.25, 0.3) is 5.91 Å². The number of carbonyl (C=O) groups excluding carboxylic acids is 1. The Morgan fingerprint density at radius 2 is 2.06 bits per heavy atom. The fraction of sp³-hybridized carbons (Fsp3) is 0.417. The lowest BCUT2D eigenvalue weighted by Gasteiger charge is -2.15. The molecular weight excluding hydrogens is 270 g/mol. The van der Waals surface area contributed by atoms with Gasteiger partial charge in [0.05, 0.1) is 11.6 Å². The van der Waals surface area contributed by atoms with E-state index in [0.29, 0.717) is 0 Å². The number of benzene rings is 1. The summed E-state index contributed by atoms with van der Waals surface area (Å²) in [6.07, 6.45) is 2.23. The Labute approximate surface area is 104 Å². The number of methoxy groups -OCH3 is 1. The second kappa shape index (κ2) is 4.87. The van der Waals surface area contributed by atoms with Crippen molar-refractivity contribution < 1.29 is 9.53 Å². The molecule has 1 amide bonds. The van der Waals surface area contributed by atoms with E-state index in [-0.39, 0.29) is 5.91 Å². The van der Waals surface area contributed by atoms with E-state index in [9.17, 15) is 4.79 Å². The highest BCUT2D eigenvalue weighted by atomic mass is 79.9. The molecule has 0 saturated carbocycles. The van der Waals surface area contributed by atoms with Crippen LogP contribution in [0.2, 0.25) is 0 Å². The van der Waals surface area contributed by atoms with Crippen LogP contribution in [0.25, 0.3) is 0 Å². The normalized spacial score (nSPS) is 15.2. The largest absolute Gasteiger partial charge is 0.496 e. The lowest BCUT2D eigenvalue weighted by Crippen LogP contribution is -2.27. The molecule has 0 aliphatic carbocycles. The molecule has 1 heterocycles. The minimum atomic E-state index is 0.112. The van der Waals surface area contributed by atoms with E-state index in [1.165, 1.54) is 0 Å². The highest BCUT2D eigenvalue weighted by Gasteiger charge is 2.19. The number of likely N-dealkylation sites (tertiary alicyclic amines) is 1. The smallest absolute Gasteiger partial charge is 0.253 e. The number of halogens is 1. The van der Waals surface area contributed by atoms with E-state index in [1.54, 1.807) is 7.11 Å². The molecule has 1 aromatic carbocycles. The van der Waals surface area contributed by atoms with Gasteiger partial charge in [0, 0.05) is 18.7 Å². The van der Waals surface area contributed by atoms with Crippen LogP contribution in [-0.2, 0) is 0 Å². The zero-order valence-corrected chi connectivity index (χ0v) is 10.8. The molecule has 16 heavy (non-hydrogen) atoms. The molecule has 0 aromatic heterocycles. The maximum Gasteiger partial charge on any atom is 0.253 e. The number of hydrogen-bond donors (Lipinski definition) is 0. The topological polar surface area (TPSA) is 29.5 Å². The predicted molar refractivity (Wildman–Crippen MR) is 65.8 cm³/mol. The van der Waals surface area contributed by atoms with Crippen molar-refractivity contribution in [3.8, 4) is 5.75 Å². The highest BCUT2D eigenvalue weighted by molar-refractivity contribution is 9.10. The summed E-state index contributed by atoms with van der Waals surface area (Å²) in [5, 5.41) is 0. The number of hydrogen-bond acceptors (Lipinski definition) is 2. The van der Waals surface area contributed by atoms with Crippen molar-refractivity contribution in [3.05, 3.63) is 28.2 Å². The summed E-state index contributed by atoms with van der Waals surface area (Å²) in [5.41, 5.74) is 0.717. The average molecular weight is 284 g/mol. The first-order chi connectivity index (χ1) is 7.72. The van der Waals surface area contributed by atoms with Crippen LogP contribution >= 0.6 is 15.9 Å². The van der Waals surface area contributed by atoms with Gasteiger partial charge in [0.2, 0.25) is 0 Å². The van der Waals surface area contributed by atoms with E-state index in [0.717, 1.165) is 41.7 Å². The van der Waals surface area contributed by atoms with Gasteiger partial charge in [-0.2, -0.15) is 0 Å². The number of amides is 1. The zero-order valence-electron chi connectivity index (χ0n) is 9.20. The summed E-state index contributed by atoms with van der Waals surface area (Å²) >= 11 is 3.39. The van der Waals surface area contributed by atoms with Crippen molar-refractivity contribution in [2.75, 3.05) is 20.2 Å². The Hall–Kier alpha value is -1.03. The zero-order chi connectivity index (χ0) is 11.5. The summed E-state index contributed by atoms with van der Waals surface area (Å²) in [6, 6.07) is 5.44. The summed E-state index contributed by atoms with van der Waals surface area (Å²) in [4.78, 5) is 14.0. The standard InChI is InChI=1S/C12H14BrNO2/c1-16-11-5-4-9(8-10(11)13)12(15)14-6-2-3-7-14/h4-5,8H,2-3,6-7H2,1H3. The molecule has 1 fully saturated rings. The van der Waals surface area contributed by atoms with E-state index in [4.69, 9.17) is 4.74 Å². The summed E-state index contributed by atoms with van der Waals surface area (Å²) in [5.74, 6) is 0.860. The van der Waals surface area contributed by atoms with Crippen LogP contribution in [0.1, 0.15) is 23.2 Å². The molecule has 1 saturated heterocycles. The van der Waals surface area contributed by atoms with Gasteiger partial charge in [-0.15, -0.1) is 0 Å². The Morgan fingerprint density at radius 1 is 1.38 bits per heavy atom. The van der Waals surface area contributed by atoms with Crippen LogP contribution in [0.15, 0.2) is 22.7 Å². The molecule has 1 aliphatic rings. The van der Waals surface area contributed by atoms with Crippen molar-refractivity contribution in [1.29, 1.82) is 0 Å². The molecule has 0 spiro atoms. The quantitative estimate of drug-likeness (QED) is 0.835. The third kappa shape index (κ3) is 2.21. The molecule has 0 bridgehead atoms. The Bertz CT molecular complexity index is 400. The van der Waals surface area contributed by atoms with Crippen molar-refractivity contribution in [2.24, 2.45) is 0 Å². The van der Waals surface area contributed by atoms with E-state index < -0.39 is 0 Å². The summed E-state index contributed by atoms with van der Waals surface area (Å²) < 4.78 is 5.95. The number of nitrogens with zero attached hydrogens (tertiary/aromatic N) is 1. The van der Waals surface area contributed by atoms with Crippen LogP contribution in [0.5, 0.6) is 5.75 Å². The molecule has 3 nitrogen and oxygen atoms in total. The molecule has 2 rings (SSSR count). The van der Waals surface area contributed by atoms with Gasteiger partial charge in [0.1, 0.15) is 5.75 Å². The number of rotatable bonds is 2.